The van der Waals surface area contributed by atoms with Gasteiger partial charge in [-0.1, -0.05) is 18.2 Å². The highest BCUT2D eigenvalue weighted by molar-refractivity contribution is 6.06. The normalized spacial score (nSPS) is 15.7. The summed E-state index contributed by atoms with van der Waals surface area (Å²) in [6.07, 6.45) is 2.30. The van der Waals surface area contributed by atoms with Crippen LogP contribution in [0.15, 0.2) is 58.3 Å². The van der Waals surface area contributed by atoms with Crippen LogP contribution in [0.2, 0.25) is 0 Å². The van der Waals surface area contributed by atoms with E-state index in [4.69, 9.17) is 0 Å². The number of H-pyrrole nitrogens is 1. The molecule has 6 nitrogen and oxygen atoms in total. The van der Waals surface area contributed by atoms with E-state index in [0.717, 1.165) is 10.8 Å². The maximum Gasteiger partial charge on any atom is 0.328 e. The van der Waals surface area contributed by atoms with Crippen molar-refractivity contribution in [3.05, 3.63) is 97.8 Å². The quantitative estimate of drug-likeness (QED) is 0.720. The SMILES string of the molecule is CC1CCc2cc(F)ccc2N1C(=O)c1c[nH]c(=O)n(Cc2ccccc2F)c1=O. The molecule has 1 N–H and O–H groups in total. The van der Waals surface area contributed by atoms with E-state index in [0.29, 0.717) is 24.1 Å². The Hall–Kier alpha value is -3.55. The molecule has 2 heterocycles. The average molecular weight is 411 g/mol. The van der Waals surface area contributed by atoms with Crippen LogP contribution in [0.3, 0.4) is 0 Å². The molecule has 0 saturated heterocycles. The predicted octanol–water partition coefficient (Wildman–Crippen LogP) is 2.84. The highest BCUT2D eigenvalue weighted by atomic mass is 19.1. The lowest BCUT2D eigenvalue weighted by Gasteiger charge is -2.35. The molecule has 1 aliphatic rings. The number of carbonyl (C=O) groups is 1. The van der Waals surface area contributed by atoms with E-state index in [2.05, 4.69) is 4.98 Å². The Kier molecular flexibility index (Phi) is 5.07. The molecule has 1 unspecified atom stereocenters. The summed E-state index contributed by atoms with van der Waals surface area (Å²) in [7, 11) is 0. The Bertz CT molecular complexity index is 1250. The van der Waals surface area contributed by atoms with Crippen molar-refractivity contribution in [1.82, 2.24) is 9.55 Å². The second-order valence-corrected chi connectivity index (χ2v) is 7.33. The third-order valence-electron chi connectivity index (χ3n) is 5.37. The van der Waals surface area contributed by atoms with Crippen molar-refractivity contribution in [2.75, 3.05) is 4.90 Å². The summed E-state index contributed by atoms with van der Waals surface area (Å²) in [4.78, 5) is 42.3. The number of nitrogens with zero attached hydrogens (tertiary/aromatic N) is 2. The summed E-state index contributed by atoms with van der Waals surface area (Å²) in [6.45, 7) is 1.53. The van der Waals surface area contributed by atoms with Crippen LogP contribution in [-0.4, -0.2) is 21.5 Å². The Labute approximate surface area is 170 Å². The fraction of sp³-hybridized carbons (Fsp3) is 0.227. The Balaban J connectivity index is 1.77. The molecule has 0 fully saturated rings. The van der Waals surface area contributed by atoms with E-state index in [-0.39, 0.29) is 23.7 Å². The van der Waals surface area contributed by atoms with E-state index in [1.54, 1.807) is 6.07 Å². The molecule has 0 spiro atoms. The number of nitrogens with one attached hydrogen (secondary N) is 1. The Morgan fingerprint density at radius 3 is 2.70 bits per heavy atom. The van der Waals surface area contributed by atoms with Gasteiger partial charge in [-0.15, -0.1) is 0 Å². The van der Waals surface area contributed by atoms with Gasteiger partial charge >= 0.3 is 5.69 Å². The fourth-order valence-electron chi connectivity index (χ4n) is 3.76. The molecule has 3 aromatic rings. The smallest absolute Gasteiger partial charge is 0.313 e. The zero-order valence-electron chi connectivity index (χ0n) is 16.2. The van der Waals surface area contributed by atoms with Gasteiger partial charge in [0.15, 0.2) is 0 Å². The van der Waals surface area contributed by atoms with Crippen LogP contribution in [-0.2, 0) is 13.0 Å². The van der Waals surface area contributed by atoms with Crippen molar-refractivity contribution in [2.24, 2.45) is 0 Å². The summed E-state index contributed by atoms with van der Waals surface area (Å²) in [5.41, 5.74) is -0.428. The summed E-state index contributed by atoms with van der Waals surface area (Å²) in [5, 5.41) is 0. The molecule has 0 aliphatic carbocycles. The number of anilines is 1. The number of hydrogen-bond donors (Lipinski definition) is 1. The van der Waals surface area contributed by atoms with Gasteiger partial charge in [0, 0.05) is 23.5 Å². The first kappa shape index (κ1) is 19.8. The molecular formula is C22H19F2N3O3. The van der Waals surface area contributed by atoms with Crippen LogP contribution >= 0.6 is 0 Å². The zero-order chi connectivity index (χ0) is 21.4. The van der Waals surface area contributed by atoms with Gasteiger partial charge in [-0.25, -0.2) is 13.6 Å². The number of aryl methyl sites for hydroxylation is 1. The van der Waals surface area contributed by atoms with Crippen LogP contribution in [0, 0.1) is 11.6 Å². The van der Waals surface area contributed by atoms with Crippen LogP contribution in [0.25, 0.3) is 0 Å². The fourth-order valence-corrected chi connectivity index (χ4v) is 3.76. The second-order valence-electron chi connectivity index (χ2n) is 7.33. The lowest BCUT2D eigenvalue weighted by molar-refractivity contribution is 0.0972. The number of benzene rings is 2. The third kappa shape index (κ3) is 3.45. The topological polar surface area (TPSA) is 75.2 Å². The Morgan fingerprint density at radius 1 is 1.17 bits per heavy atom. The maximum absolute atomic E-state index is 14.0. The van der Waals surface area contributed by atoms with Gasteiger partial charge in [0.2, 0.25) is 0 Å². The Morgan fingerprint density at radius 2 is 1.93 bits per heavy atom. The van der Waals surface area contributed by atoms with Crippen molar-refractivity contribution in [3.8, 4) is 0 Å². The first-order valence-electron chi connectivity index (χ1n) is 9.54. The summed E-state index contributed by atoms with van der Waals surface area (Å²) in [5.74, 6) is -1.55. The third-order valence-corrected chi connectivity index (χ3v) is 5.37. The highest BCUT2D eigenvalue weighted by Gasteiger charge is 2.31. The lowest BCUT2D eigenvalue weighted by atomic mass is 9.96. The first-order valence-corrected chi connectivity index (χ1v) is 9.54. The molecule has 1 aliphatic heterocycles. The van der Waals surface area contributed by atoms with Gasteiger partial charge < -0.3 is 9.88 Å². The molecule has 2 aromatic carbocycles. The molecule has 0 radical (unpaired) electrons. The minimum absolute atomic E-state index is 0.155. The monoisotopic (exact) mass is 411 g/mol. The van der Waals surface area contributed by atoms with Gasteiger partial charge in [0.25, 0.3) is 11.5 Å². The van der Waals surface area contributed by atoms with Gasteiger partial charge in [-0.05, 0) is 49.6 Å². The van der Waals surface area contributed by atoms with Crippen molar-refractivity contribution >= 4 is 11.6 Å². The van der Waals surface area contributed by atoms with Crippen molar-refractivity contribution in [3.63, 3.8) is 0 Å². The molecule has 4 rings (SSSR count). The standard InChI is InChI=1S/C22H19F2N3O3/c1-13-6-7-14-10-16(23)8-9-19(14)27(13)21(29)17-11-25-22(30)26(20(17)28)12-15-4-2-3-5-18(15)24/h2-5,8-11,13H,6-7,12H2,1H3,(H,25,30). The molecule has 30 heavy (non-hydrogen) atoms. The van der Waals surface area contributed by atoms with Crippen LogP contribution in [0.1, 0.15) is 34.8 Å². The van der Waals surface area contributed by atoms with Crippen molar-refractivity contribution < 1.29 is 13.6 Å². The van der Waals surface area contributed by atoms with E-state index in [1.165, 1.54) is 41.3 Å². The zero-order valence-corrected chi connectivity index (χ0v) is 16.2. The number of aromatic nitrogens is 2. The number of amides is 1. The maximum atomic E-state index is 14.0. The summed E-state index contributed by atoms with van der Waals surface area (Å²) >= 11 is 0. The minimum Gasteiger partial charge on any atom is -0.313 e. The van der Waals surface area contributed by atoms with Gasteiger partial charge in [0.1, 0.15) is 17.2 Å². The number of aromatic amines is 1. The van der Waals surface area contributed by atoms with Gasteiger partial charge in [-0.3, -0.25) is 14.2 Å². The van der Waals surface area contributed by atoms with Crippen molar-refractivity contribution in [1.29, 1.82) is 0 Å². The number of fused-ring (bicyclic) bond motifs is 1. The highest BCUT2D eigenvalue weighted by Crippen LogP contribution is 2.32. The minimum atomic E-state index is -0.812. The summed E-state index contributed by atoms with van der Waals surface area (Å²) in [6, 6.07) is 9.74. The number of hydrogen-bond acceptors (Lipinski definition) is 3. The van der Waals surface area contributed by atoms with Crippen LogP contribution in [0.5, 0.6) is 0 Å². The van der Waals surface area contributed by atoms with Crippen LogP contribution < -0.4 is 16.1 Å². The van der Waals surface area contributed by atoms with E-state index in [1.807, 2.05) is 6.92 Å². The number of rotatable bonds is 3. The molecule has 1 amide bonds. The van der Waals surface area contributed by atoms with E-state index < -0.39 is 28.8 Å². The van der Waals surface area contributed by atoms with Gasteiger partial charge in [-0.2, -0.15) is 0 Å². The largest absolute Gasteiger partial charge is 0.328 e. The molecule has 0 bridgehead atoms. The second kappa shape index (κ2) is 7.70. The molecule has 1 atom stereocenters. The van der Waals surface area contributed by atoms with Gasteiger partial charge in [0.05, 0.1) is 6.54 Å². The van der Waals surface area contributed by atoms with E-state index >= 15 is 0 Å². The van der Waals surface area contributed by atoms with Crippen molar-refractivity contribution in [2.45, 2.75) is 32.4 Å². The molecule has 154 valence electrons. The molecular weight excluding hydrogens is 392 g/mol. The predicted molar refractivity (Wildman–Crippen MR) is 108 cm³/mol. The number of halogens is 2. The van der Waals surface area contributed by atoms with E-state index in [9.17, 15) is 23.2 Å². The average Bonchev–Trinajstić information content (AvgIpc) is 2.72. The lowest BCUT2D eigenvalue weighted by Crippen LogP contribution is -2.46. The molecule has 1 aromatic heterocycles. The molecule has 0 saturated carbocycles. The number of carbonyl (C=O) groups excluding carboxylic acids is 1. The summed E-state index contributed by atoms with van der Waals surface area (Å²) < 4.78 is 28.4. The van der Waals surface area contributed by atoms with Crippen LogP contribution in [0.4, 0.5) is 14.5 Å². The molecule has 8 heteroatoms. The first-order chi connectivity index (χ1) is 14.4.